The summed E-state index contributed by atoms with van der Waals surface area (Å²) in [5.41, 5.74) is 2.31. The van der Waals surface area contributed by atoms with Crippen molar-refractivity contribution >= 4 is 0 Å². The van der Waals surface area contributed by atoms with Gasteiger partial charge in [0.05, 0.1) is 12.2 Å². The van der Waals surface area contributed by atoms with Crippen LogP contribution in [0.25, 0.3) is 0 Å². The Morgan fingerprint density at radius 2 is 2.17 bits per heavy atom. The molecule has 0 unspecified atom stereocenters. The normalized spacial score (nSPS) is 11.1. The second-order valence-corrected chi connectivity index (χ2v) is 4.48. The lowest BCUT2D eigenvalue weighted by Gasteiger charge is -2.06. The molecule has 0 spiro atoms. The minimum absolute atomic E-state index is 0.758. The van der Waals surface area contributed by atoms with Crippen molar-refractivity contribution < 1.29 is 0 Å². The molecule has 0 saturated carbocycles. The maximum absolute atomic E-state index is 4.43. The molecule has 0 aliphatic rings. The van der Waals surface area contributed by atoms with E-state index in [0.717, 1.165) is 37.6 Å². The van der Waals surface area contributed by atoms with Crippen LogP contribution in [0.2, 0.25) is 0 Å². The molecule has 0 radical (unpaired) electrons. The fourth-order valence-corrected chi connectivity index (χ4v) is 1.94. The summed E-state index contributed by atoms with van der Waals surface area (Å²) in [5.74, 6) is 0.959. The molecule has 6 nitrogen and oxygen atoms in total. The van der Waals surface area contributed by atoms with Gasteiger partial charge in [-0.2, -0.15) is 10.2 Å². The summed E-state index contributed by atoms with van der Waals surface area (Å²) in [6.07, 6.45) is 2.63. The first kappa shape index (κ1) is 12.8. The molecule has 0 aliphatic carbocycles. The van der Waals surface area contributed by atoms with Crippen LogP contribution in [-0.2, 0) is 20.1 Å². The molecule has 0 fully saturated rings. The highest BCUT2D eigenvalue weighted by Gasteiger charge is 2.01. The zero-order valence-electron chi connectivity index (χ0n) is 11.2. The zero-order chi connectivity index (χ0) is 13.0. The first-order chi connectivity index (χ1) is 8.66. The molecule has 6 heteroatoms. The molecule has 2 rings (SSSR count). The Kier molecular flexibility index (Phi) is 4.09. The van der Waals surface area contributed by atoms with Gasteiger partial charge in [-0.1, -0.05) is 0 Å². The van der Waals surface area contributed by atoms with Crippen molar-refractivity contribution in [3.63, 3.8) is 0 Å². The molecule has 0 aliphatic heterocycles. The molecule has 0 aromatic carbocycles. The molecule has 2 aromatic heterocycles. The first-order valence-electron chi connectivity index (χ1n) is 6.21. The molecule has 2 heterocycles. The summed E-state index contributed by atoms with van der Waals surface area (Å²) >= 11 is 0. The highest BCUT2D eigenvalue weighted by Crippen LogP contribution is 2.02. The van der Waals surface area contributed by atoms with Crippen molar-refractivity contribution in [1.82, 2.24) is 29.9 Å². The van der Waals surface area contributed by atoms with Gasteiger partial charge in [-0.3, -0.25) is 9.36 Å². The maximum atomic E-state index is 4.43. The summed E-state index contributed by atoms with van der Waals surface area (Å²) in [7, 11) is 1.90. The van der Waals surface area contributed by atoms with E-state index in [2.05, 4.69) is 38.2 Å². The SMILES string of the molecule is Cc1cc(C)n(CCCNCc2ncnn2C)n1. The Hall–Kier alpha value is -1.69. The number of hydrogen-bond acceptors (Lipinski definition) is 4. The largest absolute Gasteiger partial charge is 0.310 e. The lowest BCUT2D eigenvalue weighted by Crippen LogP contribution is -2.19. The van der Waals surface area contributed by atoms with E-state index in [1.807, 2.05) is 14.0 Å². The van der Waals surface area contributed by atoms with Crippen LogP contribution in [-0.4, -0.2) is 31.1 Å². The Balaban J connectivity index is 1.67. The van der Waals surface area contributed by atoms with Gasteiger partial charge in [0.1, 0.15) is 12.2 Å². The fourth-order valence-electron chi connectivity index (χ4n) is 1.94. The van der Waals surface area contributed by atoms with Crippen LogP contribution in [0.15, 0.2) is 12.4 Å². The predicted octanol–water partition coefficient (Wildman–Crippen LogP) is 0.808. The number of hydrogen-bond donors (Lipinski definition) is 1. The zero-order valence-corrected chi connectivity index (χ0v) is 11.2. The van der Waals surface area contributed by atoms with Gasteiger partial charge >= 0.3 is 0 Å². The van der Waals surface area contributed by atoms with Gasteiger partial charge in [0.2, 0.25) is 0 Å². The standard InChI is InChI=1S/C12H20N6/c1-10-7-11(2)18(16-10)6-4-5-13-8-12-14-9-15-17(12)3/h7,9,13H,4-6,8H2,1-3H3. The van der Waals surface area contributed by atoms with E-state index in [9.17, 15) is 0 Å². The second kappa shape index (κ2) is 5.77. The van der Waals surface area contributed by atoms with Gasteiger partial charge in [0.15, 0.2) is 0 Å². The van der Waals surface area contributed by atoms with E-state index < -0.39 is 0 Å². The van der Waals surface area contributed by atoms with E-state index in [4.69, 9.17) is 0 Å². The van der Waals surface area contributed by atoms with Crippen LogP contribution in [0, 0.1) is 13.8 Å². The number of aryl methyl sites for hydroxylation is 4. The maximum Gasteiger partial charge on any atom is 0.140 e. The van der Waals surface area contributed by atoms with E-state index in [-0.39, 0.29) is 0 Å². The first-order valence-corrected chi connectivity index (χ1v) is 6.21. The van der Waals surface area contributed by atoms with Gasteiger partial charge in [-0.15, -0.1) is 0 Å². The van der Waals surface area contributed by atoms with Crippen molar-refractivity contribution in [3.8, 4) is 0 Å². The Morgan fingerprint density at radius 3 is 2.78 bits per heavy atom. The van der Waals surface area contributed by atoms with Crippen LogP contribution in [0.5, 0.6) is 0 Å². The van der Waals surface area contributed by atoms with Crippen molar-refractivity contribution in [2.24, 2.45) is 7.05 Å². The molecule has 2 aromatic rings. The number of rotatable bonds is 6. The number of aromatic nitrogens is 5. The van der Waals surface area contributed by atoms with Crippen LogP contribution >= 0.6 is 0 Å². The average Bonchev–Trinajstić information content (AvgIpc) is 2.86. The molecular formula is C12H20N6. The Morgan fingerprint density at radius 1 is 1.33 bits per heavy atom. The van der Waals surface area contributed by atoms with Crippen molar-refractivity contribution in [2.45, 2.75) is 33.4 Å². The van der Waals surface area contributed by atoms with Crippen molar-refractivity contribution in [1.29, 1.82) is 0 Å². The summed E-state index contributed by atoms with van der Waals surface area (Å²) in [5, 5.41) is 11.8. The third-order valence-corrected chi connectivity index (χ3v) is 2.92. The summed E-state index contributed by atoms with van der Waals surface area (Å²) in [6.45, 7) is 6.77. The molecule has 0 bridgehead atoms. The number of nitrogens with zero attached hydrogens (tertiary/aromatic N) is 5. The van der Waals surface area contributed by atoms with E-state index in [1.165, 1.54) is 5.69 Å². The second-order valence-electron chi connectivity index (χ2n) is 4.48. The van der Waals surface area contributed by atoms with Crippen molar-refractivity contribution in [3.05, 3.63) is 29.6 Å². The predicted molar refractivity (Wildman–Crippen MR) is 69.0 cm³/mol. The summed E-state index contributed by atoms with van der Waals surface area (Å²) < 4.78 is 3.84. The minimum atomic E-state index is 0.758. The summed E-state index contributed by atoms with van der Waals surface area (Å²) in [4.78, 5) is 4.16. The molecule has 18 heavy (non-hydrogen) atoms. The summed E-state index contributed by atoms with van der Waals surface area (Å²) in [6, 6.07) is 2.10. The van der Waals surface area contributed by atoms with Gasteiger partial charge < -0.3 is 5.32 Å². The highest BCUT2D eigenvalue weighted by molar-refractivity contribution is 5.06. The number of nitrogens with one attached hydrogen (secondary N) is 1. The monoisotopic (exact) mass is 248 g/mol. The average molecular weight is 248 g/mol. The lowest BCUT2D eigenvalue weighted by atomic mass is 10.4. The van der Waals surface area contributed by atoms with Crippen LogP contribution in [0.4, 0.5) is 0 Å². The molecule has 98 valence electrons. The minimum Gasteiger partial charge on any atom is -0.310 e. The third-order valence-electron chi connectivity index (χ3n) is 2.92. The lowest BCUT2D eigenvalue weighted by molar-refractivity contribution is 0.522. The molecule has 0 amide bonds. The van der Waals surface area contributed by atoms with E-state index >= 15 is 0 Å². The Labute approximate surface area is 107 Å². The van der Waals surface area contributed by atoms with E-state index in [1.54, 1.807) is 11.0 Å². The van der Waals surface area contributed by atoms with Gasteiger partial charge in [0, 0.05) is 19.3 Å². The van der Waals surface area contributed by atoms with Crippen LogP contribution in [0.1, 0.15) is 23.6 Å². The van der Waals surface area contributed by atoms with Gasteiger partial charge in [0.25, 0.3) is 0 Å². The van der Waals surface area contributed by atoms with Crippen LogP contribution < -0.4 is 5.32 Å². The van der Waals surface area contributed by atoms with Crippen LogP contribution in [0.3, 0.4) is 0 Å². The quantitative estimate of drug-likeness (QED) is 0.768. The smallest absolute Gasteiger partial charge is 0.140 e. The molecule has 0 atom stereocenters. The van der Waals surface area contributed by atoms with Gasteiger partial charge in [-0.05, 0) is 32.9 Å². The highest BCUT2D eigenvalue weighted by atomic mass is 15.3. The third kappa shape index (κ3) is 3.16. The van der Waals surface area contributed by atoms with Crippen molar-refractivity contribution in [2.75, 3.05) is 6.54 Å². The topological polar surface area (TPSA) is 60.6 Å². The molecule has 0 saturated heterocycles. The fraction of sp³-hybridized carbons (Fsp3) is 0.583. The molecule has 1 N–H and O–H groups in total. The molecular weight excluding hydrogens is 228 g/mol. The Bertz CT molecular complexity index is 498. The van der Waals surface area contributed by atoms with Gasteiger partial charge in [-0.25, -0.2) is 4.98 Å². The van der Waals surface area contributed by atoms with E-state index in [0.29, 0.717) is 0 Å².